The summed E-state index contributed by atoms with van der Waals surface area (Å²) in [5.74, 6) is 0.831. The molecule has 0 fully saturated rings. The van der Waals surface area contributed by atoms with Gasteiger partial charge < -0.3 is 4.74 Å². The van der Waals surface area contributed by atoms with E-state index in [4.69, 9.17) is 4.74 Å². The van der Waals surface area contributed by atoms with E-state index in [1.807, 2.05) is 52.0 Å². The van der Waals surface area contributed by atoms with E-state index in [1.54, 1.807) is 7.11 Å². The van der Waals surface area contributed by atoms with Gasteiger partial charge in [0.2, 0.25) is 0 Å². The van der Waals surface area contributed by atoms with Crippen molar-refractivity contribution < 1.29 is 8.95 Å². The third-order valence-electron chi connectivity index (χ3n) is 2.46. The molecule has 2 atom stereocenters. The minimum atomic E-state index is -1.06. The SMILES string of the molecule is COc1ccc(C(C)NS(=O)C(C)(C)C)cc1. The van der Waals surface area contributed by atoms with Crippen molar-refractivity contribution in [2.75, 3.05) is 7.11 Å². The van der Waals surface area contributed by atoms with Crippen LogP contribution in [0, 0.1) is 0 Å². The number of rotatable bonds is 4. The molecule has 0 saturated carbocycles. The van der Waals surface area contributed by atoms with Crippen LogP contribution in [0.25, 0.3) is 0 Å². The van der Waals surface area contributed by atoms with Crippen molar-refractivity contribution >= 4 is 11.0 Å². The Labute approximate surface area is 106 Å². The largest absolute Gasteiger partial charge is 0.497 e. The van der Waals surface area contributed by atoms with Gasteiger partial charge in [0.05, 0.1) is 22.8 Å². The minimum absolute atomic E-state index is 0.0564. The van der Waals surface area contributed by atoms with Crippen LogP contribution in [0.15, 0.2) is 24.3 Å². The molecule has 0 heterocycles. The van der Waals surface area contributed by atoms with E-state index >= 15 is 0 Å². The Morgan fingerprint density at radius 3 is 2.18 bits per heavy atom. The molecule has 0 aliphatic carbocycles. The average molecular weight is 255 g/mol. The van der Waals surface area contributed by atoms with Crippen LogP contribution in [-0.4, -0.2) is 16.1 Å². The fraction of sp³-hybridized carbons (Fsp3) is 0.538. The first-order chi connectivity index (χ1) is 7.84. The molecule has 0 radical (unpaired) electrons. The minimum Gasteiger partial charge on any atom is -0.497 e. The second-order valence-electron chi connectivity index (χ2n) is 4.99. The summed E-state index contributed by atoms with van der Waals surface area (Å²) in [6.45, 7) is 7.87. The summed E-state index contributed by atoms with van der Waals surface area (Å²) in [7, 11) is 0.588. The molecule has 1 N–H and O–H groups in total. The summed E-state index contributed by atoms with van der Waals surface area (Å²) in [6.07, 6.45) is 0. The van der Waals surface area contributed by atoms with Gasteiger partial charge >= 0.3 is 0 Å². The fourth-order valence-corrected chi connectivity index (χ4v) is 2.11. The fourth-order valence-electron chi connectivity index (χ4n) is 1.30. The Morgan fingerprint density at radius 1 is 1.24 bits per heavy atom. The zero-order valence-corrected chi connectivity index (χ0v) is 11.9. The molecule has 0 saturated heterocycles. The highest BCUT2D eigenvalue weighted by atomic mass is 32.2. The first-order valence-corrected chi connectivity index (χ1v) is 6.81. The molecule has 1 rings (SSSR count). The van der Waals surface area contributed by atoms with Crippen LogP contribution in [0.5, 0.6) is 5.75 Å². The molecule has 1 aromatic rings. The number of nitrogens with one attached hydrogen (secondary N) is 1. The van der Waals surface area contributed by atoms with Gasteiger partial charge in [0.1, 0.15) is 5.75 Å². The normalized spacial score (nSPS) is 15.4. The third-order valence-corrected chi connectivity index (χ3v) is 4.14. The molecular weight excluding hydrogens is 234 g/mol. The van der Waals surface area contributed by atoms with Gasteiger partial charge in [0.25, 0.3) is 0 Å². The summed E-state index contributed by atoms with van der Waals surface area (Å²) < 4.78 is 19.9. The Bertz CT molecular complexity index is 381. The third kappa shape index (κ3) is 4.13. The van der Waals surface area contributed by atoms with Gasteiger partial charge in [-0.25, -0.2) is 8.93 Å². The van der Waals surface area contributed by atoms with Gasteiger partial charge in [-0.15, -0.1) is 0 Å². The maximum Gasteiger partial charge on any atom is 0.118 e. The van der Waals surface area contributed by atoms with Gasteiger partial charge in [-0.1, -0.05) is 12.1 Å². The Balaban J connectivity index is 2.70. The summed E-state index contributed by atoms with van der Waals surface area (Å²) in [6, 6.07) is 7.84. The van der Waals surface area contributed by atoms with Crippen LogP contribution in [0.4, 0.5) is 0 Å². The van der Waals surface area contributed by atoms with Gasteiger partial charge in [-0.3, -0.25) is 0 Å². The topological polar surface area (TPSA) is 38.3 Å². The molecule has 0 bridgehead atoms. The molecule has 0 amide bonds. The zero-order chi connectivity index (χ0) is 13.1. The van der Waals surface area contributed by atoms with Crippen LogP contribution in [0.3, 0.4) is 0 Å². The molecule has 0 spiro atoms. The molecule has 96 valence electrons. The number of benzene rings is 1. The zero-order valence-electron chi connectivity index (χ0n) is 11.1. The Morgan fingerprint density at radius 2 is 1.76 bits per heavy atom. The molecule has 4 heteroatoms. The first kappa shape index (κ1) is 14.2. The molecule has 0 aromatic heterocycles. The van der Waals surface area contributed by atoms with Gasteiger partial charge in [-0.05, 0) is 45.4 Å². The predicted octanol–water partition coefficient (Wildman–Crippen LogP) is 2.81. The van der Waals surface area contributed by atoms with Gasteiger partial charge in [0, 0.05) is 6.04 Å². The van der Waals surface area contributed by atoms with Gasteiger partial charge in [-0.2, -0.15) is 0 Å². The summed E-state index contributed by atoms with van der Waals surface area (Å²) in [4.78, 5) is 0. The van der Waals surface area contributed by atoms with Crippen LogP contribution < -0.4 is 9.46 Å². The van der Waals surface area contributed by atoms with Crippen LogP contribution in [-0.2, 0) is 11.0 Å². The Hall–Kier alpha value is -0.870. The summed E-state index contributed by atoms with van der Waals surface area (Å²) in [5, 5.41) is 0. The Kier molecular flexibility index (Phi) is 4.71. The highest BCUT2D eigenvalue weighted by Gasteiger charge is 2.21. The van der Waals surface area contributed by atoms with Crippen molar-refractivity contribution in [1.29, 1.82) is 0 Å². The van der Waals surface area contributed by atoms with E-state index < -0.39 is 11.0 Å². The van der Waals surface area contributed by atoms with Crippen LogP contribution in [0.2, 0.25) is 0 Å². The highest BCUT2D eigenvalue weighted by Crippen LogP contribution is 2.19. The van der Waals surface area contributed by atoms with Crippen molar-refractivity contribution in [1.82, 2.24) is 4.72 Å². The van der Waals surface area contributed by atoms with E-state index in [0.29, 0.717) is 0 Å². The molecule has 0 aliphatic rings. The van der Waals surface area contributed by atoms with E-state index in [1.165, 1.54) is 0 Å². The van der Waals surface area contributed by atoms with Gasteiger partial charge in [0.15, 0.2) is 0 Å². The predicted molar refractivity (Wildman–Crippen MR) is 72.4 cm³/mol. The summed E-state index contributed by atoms with van der Waals surface area (Å²) in [5.41, 5.74) is 1.10. The first-order valence-electron chi connectivity index (χ1n) is 5.66. The van der Waals surface area contributed by atoms with E-state index in [2.05, 4.69) is 4.72 Å². The van der Waals surface area contributed by atoms with Crippen molar-refractivity contribution in [3.63, 3.8) is 0 Å². The second-order valence-corrected chi connectivity index (χ2v) is 6.99. The number of ether oxygens (including phenoxy) is 1. The maximum absolute atomic E-state index is 11.9. The van der Waals surface area contributed by atoms with Crippen molar-refractivity contribution in [2.24, 2.45) is 0 Å². The highest BCUT2D eigenvalue weighted by molar-refractivity contribution is 7.84. The lowest BCUT2D eigenvalue weighted by Gasteiger charge is -2.22. The van der Waals surface area contributed by atoms with E-state index in [0.717, 1.165) is 11.3 Å². The summed E-state index contributed by atoms with van der Waals surface area (Å²) >= 11 is 0. The number of hydrogen-bond donors (Lipinski definition) is 1. The monoisotopic (exact) mass is 255 g/mol. The maximum atomic E-state index is 11.9. The quantitative estimate of drug-likeness (QED) is 0.898. The molecule has 2 unspecified atom stereocenters. The van der Waals surface area contributed by atoms with Crippen molar-refractivity contribution in [3.05, 3.63) is 29.8 Å². The molecule has 17 heavy (non-hydrogen) atoms. The van der Waals surface area contributed by atoms with Crippen LogP contribution >= 0.6 is 0 Å². The second kappa shape index (κ2) is 5.65. The average Bonchev–Trinajstić information content (AvgIpc) is 2.27. The standard InChI is InChI=1S/C13H21NO2S/c1-10(14-17(15)13(2,3)4)11-6-8-12(16-5)9-7-11/h6-10,14H,1-5H3. The lowest BCUT2D eigenvalue weighted by molar-refractivity contribution is 0.414. The molecular formula is C13H21NO2S. The lowest BCUT2D eigenvalue weighted by atomic mass is 10.1. The number of methoxy groups -OCH3 is 1. The molecule has 0 aliphatic heterocycles. The lowest BCUT2D eigenvalue weighted by Crippen LogP contribution is -2.34. The van der Waals surface area contributed by atoms with E-state index in [-0.39, 0.29) is 10.8 Å². The molecule has 1 aromatic carbocycles. The number of hydrogen-bond acceptors (Lipinski definition) is 2. The van der Waals surface area contributed by atoms with Crippen molar-refractivity contribution in [2.45, 2.75) is 38.5 Å². The van der Waals surface area contributed by atoms with E-state index in [9.17, 15) is 4.21 Å². The smallest absolute Gasteiger partial charge is 0.118 e. The van der Waals surface area contributed by atoms with Crippen molar-refractivity contribution in [3.8, 4) is 5.75 Å². The van der Waals surface area contributed by atoms with Crippen LogP contribution in [0.1, 0.15) is 39.3 Å². The molecule has 3 nitrogen and oxygen atoms in total.